The van der Waals surface area contributed by atoms with Crippen LogP contribution in [0.3, 0.4) is 0 Å². The average molecular weight is 338 g/mol. The zero-order valence-electron chi connectivity index (χ0n) is 14.6. The lowest BCUT2D eigenvalue weighted by atomic mass is 9.97. The molecule has 4 heteroatoms. The van der Waals surface area contributed by atoms with Gasteiger partial charge in [0.2, 0.25) is 0 Å². The van der Waals surface area contributed by atoms with Crippen LogP contribution < -0.4 is 0 Å². The third-order valence-electron chi connectivity index (χ3n) is 5.16. The Bertz CT molecular complexity index is 1080. The molecule has 0 spiro atoms. The molecule has 0 saturated heterocycles. The number of pyridine rings is 1. The Balaban J connectivity index is 1.53. The minimum Gasteiger partial charge on any atom is -0.261 e. The maximum Gasteiger partial charge on any atom is 0.152 e. The molecular formula is C22H18N4. The molecule has 5 rings (SSSR count). The normalized spacial score (nSPS) is 14.3. The van der Waals surface area contributed by atoms with E-state index in [0.717, 1.165) is 24.4 Å². The Hall–Kier alpha value is -3.14. The van der Waals surface area contributed by atoms with E-state index in [1.807, 2.05) is 6.20 Å². The predicted octanol–water partition coefficient (Wildman–Crippen LogP) is 4.99. The summed E-state index contributed by atoms with van der Waals surface area (Å²) in [6, 6.07) is 17.5. The molecule has 126 valence electrons. The number of benzene rings is 2. The zero-order chi connectivity index (χ0) is 17.5. The summed E-state index contributed by atoms with van der Waals surface area (Å²) in [6.45, 7) is 2.56. The monoisotopic (exact) mass is 338 g/mol. The summed E-state index contributed by atoms with van der Waals surface area (Å²) in [6.07, 6.45) is 3.62. The summed E-state index contributed by atoms with van der Waals surface area (Å²) < 4.78 is 0. The number of hydrogen-bond donors (Lipinski definition) is 0. The lowest BCUT2D eigenvalue weighted by Gasteiger charge is -2.08. The number of aliphatic imine (C=N–C) groups is 1. The van der Waals surface area contributed by atoms with Gasteiger partial charge in [-0.25, -0.2) is 4.99 Å². The van der Waals surface area contributed by atoms with Crippen molar-refractivity contribution >= 4 is 5.84 Å². The van der Waals surface area contributed by atoms with Gasteiger partial charge < -0.3 is 0 Å². The average Bonchev–Trinajstić information content (AvgIpc) is 3.30. The molecule has 0 radical (unpaired) electrons. The van der Waals surface area contributed by atoms with Gasteiger partial charge in [-0.2, -0.15) is 5.11 Å². The van der Waals surface area contributed by atoms with Gasteiger partial charge >= 0.3 is 0 Å². The van der Waals surface area contributed by atoms with Gasteiger partial charge in [0.15, 0.2) is 12.5 Å². The third-order valence-corrected chi connectivity index (χ3v) is 5.16. The van der Waals surface area contributed by atoms with Gasteiger partial charge in [-0.3, -0.25) is 4.98 Å². The van der Waals surface area contributed by atoms with Gasteiger partial charge in [-0.15, -0.1) is 5.11 Å². The Morgan fingerprint density at radius 3 is 2.77 bits per heavy atom. The Morgan fingerprint density at radius 2 is 1.88 bits per heavy atom. The fraction of sp³-hybridized carbons (Fsp3) is 0.182. The first-order valence-electron chi connectivity index (χ1n) is 8.86. The molecule has 0 saturated carbocycles. The summed E-state index contributed by atoms with van der Waals surface area (Å²) in [4.78, 5) is 8.74. The van der Waals surface area contributed by atoms with Crippen LogP contribution in [0.1, 0.15) is 22.4 Å². The highest BCUT2D eigenvalue weighted by Gasteiger charge is 2.20. The largest absolute Gasteiger partial charge is 0.261 e. The first kappa shape index (κ1) is 15.1. The van der Waals surface area contributed by atoms with Crippen LogP contribution in [0, 0.1) is 6.92 Å². The Morgan fingerprint density at radius 1 is 0.962 bits per heavy atom. The lowest BCUT2D eigenvalue weighted by Crippen LogP contribution is -1.97. The van der Waals surface area contributed by atoms with E-state index in [9.17, 15) is 0 Å². The van der Waals surface area contributed by atoms with Crippen LogP contribution in [-0.2, 0) is 12.8 Å². The number of aromatic nitrogens is 1. The molecule has 0 amide bonds. The van der Waals surface area contributed by atoms with E-state index in [1.165, 1.54) is 38.9 Å². The van der Waals surface area contributed by atoms with E-state index >= 15 is 0 Å². The zero-order valence-corrected chi connectivity index (χ0v) is 14.6. The van der Waals surface area contributed by atoms with E-state index in [0.29, 0.717) is 6.67 Å². The molecule has 4 nitrogen and oxygen atoms in total. The summed E-state index contributed by atoms with van der Waals surface area (Å²) in [7, 11) is 0. The third kappa shape index (κ3) is 2.54. The number of aryl methyl sites for hydroxylation is 1. The van der Waals surface area contributed by atoms with E-state index < -0.39 is 0 Å². The smallest absolute Gasteiger partial charge is 0.152 e. The molecule has 0 N–H and O–H groups in total. The van der Waals surface area contributed by atoms with E-state index in [2.05, 4.69) is 75.7 Å². The molecule has 1 aromatic heterocycles. The van der Waals surface area contributed by atoms with Crippen LogP contribution in [-0.4, -0.2) is 17.5 Å². The van der Waals surface area contributed by atoms with Crippen LogP contribution in [0.4, 0.5) is 0 Å². The van der Waals surface area contributed by atoms with Crippen molar-refractivity contribution in [1.29, 1.82) is 0 Å². The number of hydrogen-bond acceptors (Lipinski definition) is 4. The molecule has 0 atom stereocenters. The Kier molecular flexibility index (Phi) is 3.49. The summed E-state index contributed by atoms with van der Waals surface area (Å²) in [5, 5.41) is 8.01. The highest BCUT2D eigenvalue weighted by Crippen LogP contribution is 2.39. The van der Waals surface area contributed by atoms with Crippen molar-refractivity contribution in [2.45, 2.75) is 19.8 Å². The van der Waals surface area contributed by atoms with Crippen molar-refractivity contribution in [3.8, 4) is 22.3 Å². The minimum absolute atomic E-state index is 0.466. The SMILES string of the molecule is Cc1nccc2c1Cc1ccc(-c3cccc(CC4=NCN=N4)c3)cc1-2. The van der Waals surface area contributed by atoms with Gasteiger partial charge in [-0.1, -0.05) is 36.4 Å². The molecule has 1 aliphatic carbocycles. The fourth-order valence-corrected chi connectivity index (χ4v) is 3.82. The highest BCUT2D eigenvalue weighted by atomic mass is 15.2. The quantitative estimate of drug-likeness (QED) is 0.519. The van der Waals surface area contributed by atoms with Crippen molar-refractivity contribution in [2.75, 3.05) is 6.67 Å². The van der Waals surface area contributed by atoms with Crippen LogP contribution >= 0.6 is 0 Å². The number of nitrogens with zero attached hydrogens (tertiary/aromatic N) is 4. The molecule has 26 heavy (non-hydrogen) atoms. The second-order valence-electron chi connectivity index (χ2n) is 6.81. The summed E-state index contributed by atoms with van der Waals surface area (Å²) in [5.41, 5.74) is 10.2. The molecule has 2 aromatic carbocycles. The van der Waals surface area contributed by atoms with Gasteiger partial charge in [0.25, 0.3) is 0 Å². The molecule has 0 fully saturated rings. The predicted molar refractivity (Wildman–Crippen MR) is 104 cm³/mol. The number of rotatable bonds is 3. The molecular weight excluding hydrogens is 320 g/mol. The van der Waals surface area contributed by atoms with Gasteiger partial charge in [-0.05, 0) is 58.0 Å². The van der Waals surface area contributed by atoms with Crippen molar-refractivity contribution in [3.05, 3.63) is 77.1 Å². The first-order valence-corrected chi connectivity index (χ1v) is 8.86. The van der Waals surface area contributed by atoms with Crippen LogP contribution in [0.5, 0.6) is 0 Å². The maximum atomic E-state index is 4.45. The van der Waals surface area contributed by atoms with Crippen molar-refractivity contribution < 1.29 is 0 Å². The van der Waals surface area contributed by atoms with E-state index in [-0.39, 0.29) is 0 Å². The standard InChI is InChI=1S/C22H18N4/c1-14-20-12-18-6-5-17(11-21(18)19(20)7-8-23-14)16-4-2-3-15(9-16)10-22-24-13-25-26-22/h2-9,11H,10,12-13H2,1H3. The topological polar surface area (TPSA) is 50.0 Å². The van der Waals surface area contributed by atoms with Crippen molar-refractivity contribution in [2.24, 2.45) is 15.2 Å². The molecule has 0 bridgehead atoms. The second-order valence-corrected chi connectivity index (χ2v) is 6.81. The highest BCUT2D eigenvalue weighted by molar-refractivity contribution is 5.86. The first-order chi connectivity index (χ1) is 12.8. The number of fused-ring (bicyclic) bond motifs is 3. The molecule has 2 heterocycles. The fourth-order valence-electron chi connectivity index (χ4n) is 3.82. The minimum atomic E-state index is 0.466. The van der Waals surface area contributed by atoms with E-state index in [4.69, 9.17) is 0 Å². The summed E-state index contributed by atoms with van der Waals surface area (Å²) in [5.74, 6) is 0.813. The van der Waals surface area contributed by atoms with Crippen molar-refractivity contribution in [1.82, 2.24) is 4.98 Å². The maximum absolute atomic E-state index is 4.45. The van der Waals surface area contributed by atoms with Crippen LogP contribution in [0.2, 0.25) is 0 Å². The van der Waals surface area contributed by atoms with Crippen LogP contribution in [0.25, 0.3) is 22.3 Å². The van der Waals surface area contributed by atoms with Gasteiger partial charge in [0, 0.05) is 24.7 Å². The number of azo groups is 1. The molecule has 1 aliphatic heterocycles. The number of amidine groups is 1. The second kappa shape index (κ2) is 5.99. The lowest BCUT2D eigenvalue weighted by molar-refractivity contribution is 1.05. The van der Waals surface area contributed by atoms with Crippen molar-refractivity contribution in [3.63, 3.8) is 0 Å². The Labute approximate surface area is 152 Å². The van der Waals surface area contributed by atoms with E-state index in [1.54, 1.807) is 0 Å². The molecule has 3 aromatic rings. The molecule has 0 unspecified atom stereocenters. The van der Waals surface area contributed by atoms with Crippen LogP contribution in [0.15, 0.2) is 69.9 Å². The molecule has 2 aliphatic rings. The van der Waals surface area contributed by atoms with Gasteiger partial charge in [0.1, 0.15) is 0 Å². The van der Waals surface area contributed by atoms with Gasteiger partial charge in [0.05, 0.1) is 0 Å². The summed E-state index contributed by atoms with van der Waals surface area (Å²) >= 11 is 0.